The van der Waals surface area contributed by atoms with E-state index >= 15 is 0 Å². The predicted molar refractivity (Wildman–Crippen MR) is 102 cm³/mol. The number of aliphatic hydroxyl groups is 1. The summed E-state index contributed by atoms with van der Waals surface area (Å²) in [5, 5.41) is 17.8. The first-order valence-electron chi connectivity index (χ1n) is 7.50. The Balaban J connectivity index is 1.91. The maximum atomic E-state index is 9.32. The lowest BCUT2D eigenvalue weighted by molar-refractivity contribution is 0.281. The van der Waals surface area contributed by atoms with Crippen molar-refractivity contribution in [3.63, 3.8) is 0 Å². The van der Waals surface area contributed by atoms with Crippen LogP contribution in [0.4, 0.5) is 17.5 Å². The molecule has 0 saturated heterocycles. The molecule has 0 aliphatic carbocycles. The SMILES string of the molecule is C[C@H](CO)Nc1nc(Nc2ccc(S)cc2)ncc1-c1cccs1. The van der Waals surface area contributed by atoms with Gasteiger partial charge in [0.05, 0.1) is 12.2 Å². The average Bonchev–Trinajstić information content (AvgIpc) is 3.11. The highest BCUT2D eigenvalue weighted by Gasteiger charge is 2.12. The Morgan fingerprint density at radius 2 is 2.04 bits per heavy atom. The lowest BCUT2D eigenvalue weighted by Crippen LogP contribution is -2.21. The van der Waals surface area contributed by atoms with Gasteiger partial charge >= 0.3 is 0 Å². The van der Waals surface area contributed by atoms with Crippen molar-refractivity contribution in [3.05, 3.63) is 48.0 Å². The van der Waals surface area contributed by atoms with Crippen LogP contribution in [-0.2, 0) is 0 Å². The zero-order chi connectivity index (χ0) is 16.9. The van der Waals surface area contributed by atoms with Crippen molar-refractivity contribution in [1.29, 1.82) is 0 Å². The van der Waals surface area contributed by atoms with E-state index in [0.717, 1.165) is 21.0 Å². The molecule has 3 rings (SSSR count). The van der Waals surface area contributed by atoms with Crippen LogP contribution in [-0.4, -0.2) is 27.7 Å². The number of nitrogens with zero attached hydrogens (tertiary/aromatic N) is 2. The van der Waals surface area contributed by atoms with Crippen molar-refractivity contribution in [3.8, 4) is 10.4 Å². The first kappa shape index (κ1) is 16.8. The van der Waals surface area contributed by atoms with E-state index in [1.54, 1.807) is 17.5 Å². The summed E-state index contributed by atoms with van der Waals surface area (Å²) in [6.45, 7) is 1.93. The molecule has 5 nitrogen and oxygen atoms in total. The third-order valence-electron chi connectivity index (χ3n) is 3.36. The average molecular weight is 358 g/mol. The smallest absolute Gasteiger partial charge is 0.229 e. The van der Waals surface area contributed by atoms with Crippen LogP contribution in [0.2, 0.25) is 0 Å². The summed E-state index contributed by atoms with van der Waals surface area (Å²) in [7, 11) is 0. The van der Waals surface area contributed by atoms with Gasteiger partial charge in [-0.3, -0.25) is 0 Å². The lowest BCUT2D eigenvalue weighted by atomic mass is 10.2. The summed E-state index contributed by atoms with van der Waals surface area (Å²) in [6, 6.07) is 11.6. The molecule has 0 unspecified atom stereocenters. The Kier molecular flexibility index (Phi) is 5.34. The fourth-order valence-corrected chi connectivity index (χ4v) is 3.00. The van der Waals surface area contributed by atoms with Gasteiger partial charge in [0, 0.05) is 27.7 Å². The highest BCUT2D eigenvalue weighted by atomic mass is 32.1. The Bertz CT molecular complexity index is 791. The molecule has 0 bridgehead atoms. The Morgan fingerprint density at radius 1 is 1.25 bits per heavy atom. The molecule has 124 valence electrons. The summed E-state index contributed by atoms with van der Waals surface area (Å²) in [5.41, 5.74) is 1.80. The van der Waals surface area contributed by atoms with Crippen molar-refractivity contribution in [2.24, 2.45) is 0 Å². The Labute approximate surface area is 150 Å². The number of benzene rings is 1. The second-order valence-electron chi connectivity index (χ2n) is 5.33. The van der Waals surface area contributed by atoms with Crippen LogP contribution in [0.15, 0.2) is 52.9 Å². The standard InChI is InChI=1S/C17H18N4OS2/c1-11(10-22)19-16-14(15-3-2-8-24-15)9-18-17(21-16)20-12-4-6-13(23)7-5-12/h2-9,11,22-23H,10H2,1H3,(H2,18,19,20,21)/t11-/m1/s1. The summed E-state index contributed by atoms with van der Waals surface area (Å²) < 4.78 is 0. The Hall–Kier alpha value is -2.09. The van der Waals surface area contributed by atoms with E-state index in [2.05, 4.69) is 33.2 Å². The minimum absolute atomic E-state index is 0.0278. The van der Waals surface area contributed by atoms with Gasteiger partial charge in [-0.05, 0) is 42.6 Å². The number of thiol groups is 1. The van der Waals surface area contributed by atoms with Gasteiger partial charge in [0.2, 0.25) is 5.95 Å². The molecule has 0 saturated carbocycles. The molecule has 1 atom stereocenters. The number of hydrogen-bond acceptors (Lipinski definition) is 7. The van der Waals surface area contributed by atoms with E-state index in [-0.39, 0.29) is 12.6 Å². The van der Waals surface area contributed by atoms with Gasteiger partial charge in [-0.15, -0.1) is 24.0 Å². The minimum Gasteiger partial charge on any atom is -0.394 e. The van der Waals surface area contributed by atoms with Crippen LogP contribution in [0.5, 0.6) is 0 Å². The van der Waals surface area contributed by atoms with Crippen LogP contribution < -0.4 is 10.6 Å². The summed E-state index contributed by atoms with van der Waals surface area (Å²) in [4.78, 5) is 11.0. The Morgan fingerprint density at radius 3 is 2.71 bits per heavy atom. The van der Waals surface area contributed by atoms with Gasteiger partial charge in [0.25, 0.3) is 0 Å². The van der Waals surface area contributed by atoms with Crippen molar-refractivity contribution < 1.29 is 5.11 Å². The van der Waals surface area contributed by atoms with Gasteiger partial charge in [0.1, 0.15) is 5.82 Å². The number of aliphatic hydroxyl groups excluding tert-OH is 1. The highest BCUT2D eigenvalue weighted by molar-refractivity contribution is 7.80. The maximum Gasteiger partial charge on any atom is 0.229 e. The molecular weight excluding hydrogens is 340 g/mol. The van der Waals surface area contributed by atoms with Crippen molar-refractivity contribution >= 4 is 41.4 Å². The number of nitrogens with one attached hydrogen (secondary N) is 2. The molecule has 0 fully saturated rings. The molecular formula is C17H18N4OS2. The van der Waals surface area contributed by atoms with Crippen LogP contribution in [0.3, 0.4) is 0 Å². The fraction of sp³-hybridized carbons (Fsp3) is 0.176. The van der Waals surface area contributed by atoms with Gasteiger partial charge in [-0.1, -0.05) is 6.07 Å². The molecule has 1 aromatic carbocycles. The third kappa shape index (κ3) is 4.05. The van der Waals surface area contributed by atoms with Gasteiger partial charge in [0.15, 0.2) is 0 Å². The minimum atomic E-state index is -0.102. The molecule has 2 heterocycles. The number of hydrogen-bond donors (Lipinski definition) is 4. The first-order chi connectivity index (χ1) is 11.7. The topological polar surface area (TPSA) is 70.1 Å². The molecule has 0 spiro atoms. The monoisotopic (exact) mass is 358 g/mol. The normalized spacial score (nSPS) is 12.0. The quantitative estimate of drug-likeness (QED) is 0.501. The summed E-state index contributed by atoms with van der Waals surface area (Å²) in [6.07, 6.45) is 1.79. The van der Waals surface area contributed by atoms with Crippen LogP contribution in [0, 0.1) is 0 Å². The second-order valence-corrected chi connectivity index (χ2v) is 6.80. The van der Waals surface area contributed by atoms with Crippen LogP contribution in [0.1, 0.15) is 6.92 Å². The molecule has 0 amide bonds. The zero-order valence-corrected chi connectivity index (χ0v) is 14.8. The number of thiophene rings is 1. The molecule has 2 aromatic heterocycles. The zero-order valence-electron chi connectivity index (χ0n) is 13.1. The van der Waals surface area contributed by atoms with Crippen LogP contribution in [0.25, 0.3) is 10.4 Å². The van der Waals surface area contributed by atoms with E-state index in [1.165, 1.54) is 0 Å². The van der Waals surface area contributed by atoms with Gasteiger partial charge < -0.3 is 15.7 Å². The van der Waals surface area contributed by atoms with Crippen molar-refractivity contribution in [2.45, 2.75) is 17.9 Å². The van der Waals surface area contributed by atoms with E-state index in [4.69, 9.17) is 0 Å². The number of anilines is 3. The molecule has 0 radical (unpaired) electrons. The number of aromatic nitrogens is 2. The van der Waals surface area contributed by atoms with Gasteiger partial charge in [-0.2, -0.15) is 4.98 Å². The largest absolute Gasteiger partial charge is 0.394 e. The van der Waals surface area contributed by atoms with E-state index in [0.29, 0.717) is 11.8 Å². The molecule has 3 N–H and O–H groups in total. The fourth-order valence-electron chi connectivity index (χ4n) is 2.12. The van der Waals surface area contributed by atoms with E-state index in [9.17, 15) is 5.11 Å². The van der Waals surface area contributed by atoms with E-state index < -0.39 is 0 Å². The van der Waals surface area contributed by atoms with E-state index in [1.807, 2.05) is 48.7 Å². The molecule has 7 heteroatoms. The molecule has 24 heavy (non-hydrogen) atoms. The molecule has 3 aromatic rings. The van der Waals surface area contributed by atoms with Crippen molar-refractivity contribution in [1.82, 2.24) is 9.97 Å². The van der Waals surface area contributed by atoms with Crippen LogP contribution >= 0.6 is 24.0 Å². The van der Waals surface area contributed by atoms with Crippen molar-refractivity contribution in [2.75, 3.05) is 17.2 Å². The molecule has 0 aliphatic heterocycles. The summed E-state index contributed by atoms with van der Waals surface area (Å²) in [5.74, 6) is 1.19. The van der Waals surface area contributed by atoms with Gasteiger partial charge in [-0.25, -0.2) is 4.98 Å². The second kappa shape index (κ2) is 7.65. The maximum absolute atomic E-state index is 9.32. The lowest BCUT2D eigenvalue weighted by Gasteiger charge is -2.16. The number of rotatable bonds is 6. The summed E-state index contributed by atoms with van der Waals surface area (Å²) >= 11 is 5.90. The third-order valence-corrected chi connectivity index (χ3v) is 4.56. The predicted octanol–water partition coefficient (Wildman–Crippen LogP) is 4.03. The highest BCUT2D eigenvalue weighted by Crippen LogP contribution is 2.31. The molecule has 0 aliphatic rings. The first-order valence-corrected chi connectivity index (χ1v) is 8.83.